The number of esters is 1. The van der Waals surface area contributed by atoms with Gasteiger partial charge < -0.3 is 4.74 Å². The van der Waals surface area contributed by atoms with Crippen LogP contribution in [0.5, 0.6) is 0 Å². The van der Waals surface area contributed by atoms with Crippen molar-refractivity contribution in [1.29, 1.82) is 0 Å². The van der Waals surface area contributed by atoms with E-state index in [-0.39, 0.29) is 10.8 Å². The molecule has 0 aliphatic carbocycles. The van der Waals surface area contributed by atoms with Crippen LogP contribution in [0, 0.1) is 0 Å². The molecule has 3 rings (SSSR count). The molecule has 0 spiro atoms. The maximum atomic E-state index is 12.5. The molecular weight excluding hydrogens is 378 g/mol. The molecule has 0 aliphatic heterocycles. The Balaban J connectivity index is 1.76. The Hall–Kier alpha value is -2.16. The number of hydrogen-bond donors (Lipinski definition) is 1. The van der Waals surface area contributed by atoms with Gasteiger partial charge in [0.15, 0.2) is 0 Å². The zero-order valence-electron chi connectivity index (χ0n) is 13.3. The number of anilines is 1. The Morgan fingerprint density at radius 2 is 1.88 bits per heavy atom. The van der Waals surface area contributed by atoms with Crippen LogP contribution in [0.2, 0.25) is 0 Å². The summed E-state index contributed by atoms with van der Waals surface area (Å²) < 4.78 is 32.7. The van der Waals surface area contributed by atoms with Gasteiger partial charge in [-0.2, -0.15) is 11.3 Å². The molecule has 0 saturated heterocycles. The van der Waals surface area contributed by atoms with Crippen LogP contribution in [-0.4, -0.2) is 21.0 Å². The second kappa shape index (κ2) is 7.38. The smallest absolute Gasteiger partial charge is 0.338 e. The average Bonchev–Trinajstić information content (AvgIpc) is 3.27. The Kier molecular flexibility index (Phi) is 5.22. The molecule has 5 nitrogen and oxygen atoms in total. The fourth-order valence-corrected chi connectivity index (χ4v) is 5.21. The molecule has 130 valence electrons. The third-order valence-corrected chi connectivity index (χ3v) is 6.99. The molecule has 3 aromatic rings. The molecule has 0 unspecified atom stereocenters. The number of rotatable bonds is 6. The van der Waals surface area contributed by atoms with Gasteiger partial charge in [0, 0.05) is 16.1 Å². The quantitative estimate of drug-likeness (QED) is 0.628. The summed E-state index contributed by atoms with van der Waals surface area (Å²) in [7, 11) is -3.67. The van der Waals surface area contributed by atoms with Crippen molar-refractivity contribution in [2.24, 2.45) is 0 Å². The minimum atomic E-state index is -3.67. The monoisotopic (exact) mass is 393 g/mol. The molecule has 0 fully saturated rings. The van der Waals surface area contributed by atoms with Crippen LogP contribution >= 0.6 is 22.7 Å². The van der Waals surface area contributed by atoms with Crippen LogP contribution in [0.15, 0.2) is 57.4 Å². The second-order valence-corrected chi connectivity index (χ2v) is 8.81. The van der Waals surface area contributed by atoms with Gasteiger partial charge >= 0.3 is 5.97 Å². The summed E-state index contributed by atoms with van der Waals surface area (Å²) in [6.45, 7) is 2.02. The second-order valence-electron chi connectivity index (χ2n) is 5.03. The number of thiophene rings is 2. The Morgan fingerprint density at radius 3 is 2.52 bits per heavy atom. The molecule has 25 heavy (non-hydrogen) atoms. The first-order chi connectivity index (χ1) is 12.0. The molecule has 0 bridgehead atoms. The first kappa shape index (κ1) is 17.7. The third kappa shape index (κ3) is 4.09. The van der Waals surface area contributed by atoms with Crippen LogP contribution < -0.4 is 4.72 Å². The van der Waals surface area contributed by atoms with Crippen LogP contribution in [0.1, 0.15) is 17.3 Å². The summed E-state index contributed by atoms with van der Waals surface area (Å²) in [4.78, 5) is 12.5. The van der Waals surface area contributed by atoms with Gasteiger partial charge in [-0.05, 0) is 60.1 Å². The van der Waals surface area contributed by atoms with E-state index in [9.17, 15) is 13.2 Å². The van der Waals surface area contributed by atoms with Crippen molar-refractivity contribution >= 4 is 44.4 Å². The highest BCUT2D eigenvalue weighted by Crippen LogP contribution is 2.32. The lowest BCUT2D eigenvalue weighted by Crippen LogP contribution is -2.11. The van der Waals surface area contributed by atoms with Crippen LogP contribution in [0.3, 0.4) is 0 Å². The van der Waals surface area contributed by atoms with E-state index in [2.05, 4.69) is 4.72 Å². The first-order valence-corrected chi connectivity index (χ1v) is 10.7. The van der Waals surface area contributed by atoms with E-state index in [0.29, 0.717) is 11.3 Å². The number of nitrogens with one attached hydrogen (secondary N) is 1. The van der Waals surface area contributed by atoms with E-state index < -0.39 is 16.0 Å². The summed E-state index contributed by atoms with van der Waals surface area (Å²) in [6, 6.07) is 11.5. The summed E-state index contributed by atoms with van der Waals surface area (Å²) in [5.74, 6) is -0.435. The summed E-state index contributed by atoms with van der Waals surface area (Å²) >= 11 is 2.78. The minimum absolute atomic E-state index is 0.239. The van der Waals surface area contributed by atoms with Gasteiger partial charge in [0.25, 0.3) is 10.0 Å². The maximum absolute atomic E-state index is 12.5. The van der Waals surface area contributed by atoms with E-state index in [4.69, 9.17) is 4.74 Å². The van der Waals surface area contributed by atoms with E-state index in [1.807, 2.05) is 16.8 Å². The van der Waals surface area contributed by atoms with Gasteiger partial charge in [0.2, 0.25) is 0 Å². The van der Waals surface area contributed by atoms with E-state index >= 15 is 0 Å². The Labute approximate surface area is 154 Å². The lowest BCUT2D eigenvalue weighted by atomic mass is 10.2. The summed E-state index contributed by atoms with van der Waals surface area (Å²) in [5, 5.41) is 3.93. The molecular formula is C17H15NO4S3. The standard InChI is InChI=1S/C17H15NO4S3/c1-2-22-17(19)12-3-5-14(6-4-12)18-25(20,21)16-8-7-15(24-16)13-9-10-23-11-13/h3-11,18H,2H2,1H3. The SMILES string of the molecule is CCOC(=O)c1ccc(NS(=O)(=O)c2ccc(-c3ccsc3)s2)cc1. The van der Waals surface area contributed by atoms with Gasteiger partial charge in [-0.15, -0.1) is 11.3 Å². The van der Waals surface area contributed by atoms with Crippen LogP contribution in [0.25, 0.3) is 10.4 Å². The van der Waals surface area contributed by atoms with Crippen molar-refractivity contribution in [2.75, 3.05) is 11.3 Å². The highest BCUT2D eigenvalue weighted by Gasteiger charge is 2.18. The van der Waals surface area contributed by atoms with Gasteiger partial charge in [-0.3, -0.25) is 4.72 Å². The average molecular weight is 394 g/mol. The van der Waals surface area contributed by atoms with Crippen molar-refractivity contribution in [3.05, 3.63) is 58.8 Å². The Bertz CT molecular complexity index is 958. The van der Waals surface area contributed by atoms with Crippen molar-refractivity contribution in [2.45, 2.75) is 11.1 Å². The van der Waals surface area contributed by atoms with Gasteiger partial charge in [-0.1, -0.05) is 0 Å². The van der Waals surface area contributed by atoms with Crippen molar-refractivity contribution in [3.63, 3.8) is 0 Å². The molecule has 0 radical (unpaired) electrons. The molecule has 8 heteroatoms. The van der Waals surface area contributed by atoms with Gasteiger partial charge in [0.1, 0.15) is 4.21 Å². The summed E-state index contributed by atoms with van der Waals surface area (Å²) in [6.07, 6.45) is 0. The summed E-state index contributed by atoms with van der Waals surface area (Å²) in [5.41, 5.74) is 1.77. The van der Waals surface area contributed by atoms with E-state index in [1.54, 1.807) is 30.4 Å². The molecule has 0 saturated carbocycles. The number of sulfonamides is 1. The highest BCUT2D eigenvalue weighted by atomic mass is 32.2. The number of carbonyl (C=O) groups excluding carboxylic acids is 1. The van der Waals surface area contributed by atoms with Crippen molar-refractivity contribution < 1.29 is 17.9 Å². The molecule has 0 amide bonds. The lowest BCUT2D eigenvalue weighted by molar-refractivity contribution is 0.0526. The molecule has 2 heterocycles. The number of carbonyl (C=O) groups is 1. The van der Waals surface area contributed by atoms with Crippen molar-refractivity contribution in [3.8, 4) is 10.4 Å². The maximum Gasteiger partial charge on any atom is 0.338 e. The van der Waals surface area contributed by atoms with Gasteiger partial charge in [-0.25, -0.2) is 13.2 Å². The largest absolute Gasteiger partial charge is 0.462 e. The predicted molar refractivity (Wildman–Crippen MR) is 101 cm³/mol. The van der Waals surface area contributed by atoms with Gasteiger partial charge in [0.05, 0.1) is 12.2 Å². The molecule has 0 aliphatic rings. The van der Waals surface area contributed by atoms with E-state index in [0.717, 1.165) is 10.4 Å². The number of ether oxygens (including phenoxy) is 1. The molecule has 1 N–H and O–H groups in total. The van der Waals surface area contributed by atoms with Crippen LogP contribution in [-0.2, 0) is 14.8 Å². The normalized spacial score (nSPS) is 11.2. The van der Waals surface area contributed by atoms with Crippen LogP contribution in [0.4, 0.5) is 5.69 Å². The zero-order chi connectivity index (χ0) is 17.9. The number of benzene rings is 1. The third-order valence-electron chi connectivity index (χ3n) is 3.30. The predicted octanol–water partition coefficient (Wildman–Crippen LogP) is 4.45. The van der Waals surface area contributed by atoms with E-state index in [1.165, 1.54) is 35.6 Å². The molecule has 0 atom stereocenters. The Morgan fingerprint density at radius 1 is 1.12 bits per heavy atom. The number of hydrogen-bond acceptors (Lipinski definition) is 6. The molecule has 1 aromatic carbocycles. The fourth-order valence-electron chi connectivity index (χ4n) is 2.12. The molecule has 2 aromatic heterocycles. The zero-order valence-corrected chi connectivity index (χ0v) is 15.7. The topological polar surface area (TPSA) is 72.5 Å². The highest BCUT2D eigenvalue weighted by molar-refractivity contribution is 7.94. The lowest BCUT2D eigenvalue weighted by Gasteiger charge is -2.07. The van der Waals surface area contributed by atoms with Crippen molar-refractivity contribution in [1.82, 2.24) is 0 Å². The fraction of sp³-hybridized carbons (Fsp3) is 0.118. The first-order valence-electron chi connectivity index (χ1n) is 7.42. The minimum Gasteiger partial charge on any atom is -0.462 e.